The number of ether oxygens (including phenoxy) is 1. The lowest BCUT2D eigenvalue weighted by Gasteiger charge is -2.29. The fourth-order valence-electron chi connectivity index (χ4n) is 1.99. The van der Waals surface area contributed by atoms with Gasteiger partial charge < -0.3 is 25.2 Å². The van der Waals surface area contributed by atoms with Gasteiger partial charge in [0.05, 0.1) is 6.61 Å². The second kappa shape index (κ2) is 5.15. The Morgan fingerprint density at radius 3 is 2.29 bits per heavy atom. The van der Waals surface area contributed by atoms with Crippen molar-refractivity contribution < 1.29 is 39.1 Å². The minimum Gasteiger partial charge on any atom is -0.504 e. The second-order valence-corrected chi connectivity index (χ2v) is 4.36. The van der Waals surface area contributed by atoms with Gasteiger partial charge in [0.15, 0.2) is 5.76 Å². The summed E-state index contributed by atoms with van der Waals surface area (Å²) in [5.74, 6) is -5.61. The molecule has 0 aromatic heterocycles. The number of benzene rings is 1. The fourth-order valence-corrected chi connectivity index (χ4v) is 1.99. The van der Waals surface area contributed by atoms with Crippen LogP contribution in [0.25, 0.3) is 0 Å². The molecule has 1 aliphatic rings. The van der Waals surface area contributed by atoms with Crippen LogP contribution in [0.4, 0.5) is 4.39 Å². The smallest absolute Gasteiger partial charge is 0.378 e. The van der Waals surface area contributed by atoms with Crippen LogP contribution in [0.3, 0.4) is 0 Å². The Hall–Kier alpha value is -2.45. The highest BCUT2D eigenvalue weighted by atomic mass is 19.1. The lowest BCUT2D eigenvalue weighted by molar-refractivity contribution is -0.156. The molecule has 0 unspecified atom stereocenters. The summed E-state index contributed by atoms with van der Waals surface area (Å²) in [6.07, 6.45) is -2.01. The summed E-state index contributed by atoms with van der Waals surface area (Å²) in [4.78, 5) is 23.7. The van der Waals surface area contributed by atoms with Gasteiger partial charge in [0.1, 0.15) is 11.9 Å². The maximum Gasteiger partial charge on any atom is 0.378 e. The Labute approximate surface area is 117 Å². The molecule has 0 aliphatic carbocycles. The van der Waals surface area contributed by atoms with E-state index >= 15 is 0 Å². The van der Waals surface area contributed by atoms with Crippen molar-refractivity contribution in [1.82, 2.24) is 0 Å². The molecule has 1 aromatic rings. The SMILES string of the molecule is O=C1O[C@](C(=O)c2ccc(F)cc2)([C@@H](O)CO)C(O)=C1O. The molecule has 4 N–H and O–H groups in total. The summed E-state index contributed by atoms with van der Waals surface area (Å²) in [6.45, 7) is -1.03. The number of aliphatic hydroxyl groups is 4. The number of carbonyl (C=O) groups excluding carboxylic acids is 2. The molecule has 8 heteroatoms. The van der Waals surface area contributed by atoms with Crippen LogP contribution in [0.15, 0.2) is 35.8 Å². The molecule has 1 aliphatic heterocycles. The third kappa shape index (κ3) is 2.14. The second-order valence-electron chi connectivity index (χ2n) is 4.36. The van der Waals surface area contributed by atoms with E-state index < -0.39 is 47.4 Å². The quantitative estimate of drug-likeness (QED) is 0.455. The van der Waals surface area contributed by atoms with Crippen molar-refractivity contribution in [2.45, 2.75) is 11.7 Å². The molecule has 1 aromatic carbocycles. The van der Waals surface area contributed by atoms with Crippen molar-refractivity contribution in [1.29, 1.82) is 0 Å². The van der Waals surface area contributed by atoms with Gasteiger partial charge in [-0.3, -0.25) is 4.79 Å². The predicted octanol–water partition coefficient (Wildman–Crippen LogP) is -0.0152. The molecule has 7 nitrogen and oxygen atoms in total. The monoisotopic (exact) mass is 298 g/mol. The average molecular weight is 298 g/mol. The van der Waals surface area contributed by atoms with Crippen LogP contribution in [0.2, 0.25) is 0 Å². The van der Waals surface area contributed by atoms with Crippen LogP contribution >= 0.6 is 0 Å². The Morgan fingerprint density at radius 1 is 1.29 bits per heavy atom. The molecule has 2 rings (SSSR count). The van der Waals surface area contributed by atoms with Gasteiger partial charge in [0.25, 0.3) is 5.60 Å². The minimum atomic E-state index is -2.66. The minimum absolute atomic E-state index is 0.196. The number of cyclic esters (lactones) is 1. The summed E-state index contributed by atoms with van der Waals surface area (Å²) in [5.41, 5.74) is -2.86. The van der Waals surface area contributed by atoms with Gasteiger partial charge in [0, 0.05) is 5.56 Å². The zero-order valence-corrected chi connectivity index (χ0v) is 10.5. The summed E-state index contributed by atoms with van der Waals surface area (Å²) in [6, 6.07) is 3.98. The molecule has 0 fully saturated rings. The number of ketones is 1. The molecule has 2 atom stereocenters. The van der Waals surface area contributed by atoms with E-state index in [1.807, 2.05) is 0 Å². The first-order valence-corrected chi connectivity index (χ1v) is 5.80. The number of aliphatic hydroxyl groups excluding tert-OH is 4. The van der Waals surface area contributed by atoms with E-state index in [1.165, 1.54) is 0 Å². The van der Waals surface area contributed by atoms with Gasteiger partial charge in [0.2, 0.25) is 11.5 Å². The van der Waals surface area contributed by atoms with Crippen molar-refractivity contribution in [3.8, 4) is 0 Å². The topological polar surface area (TPSA) is 124 Å². The molecular formula is C13H11FO7. The summed E-state index contributed by atoms with van der Waals surface area (Å²) >= 11 is 0. The molecule has 0 spiro atoms. The zero-order valence-electron chi connectivity index (χ0n) is 10.5. The first-order chi connectivity index (χ1) is 9.84. The lowest BCUT2D eigenvalue weighted by atomic mass is 9.86. The van der Waals surface area contributed by atoms with Crippen molar-refractivity contribution in [2.24, 2.45) is 0 Å². The highest BCUT2D eigenvalue weighted by Gasteiger charge is 2.59. The number of halogens is 1. The Kier molecular flexibility index (Phi) is 3.67. The number of rotatable bonds is 4. The largest absolute Gasteiger partial charge is 0.504 e. The highest BCUT2D eigenvalue weighted by molar-refractivity contribution is 6.09. The fraction of sp³-hybridized carbons (Fsp3) is 0.231. The van der Waals surface area contributed by atoms with Crippen molar-refractivity contribution in [3.05, 3.63) is 47.2 Å². The van der Waals surface area contributed by atoms with Crippen molar-refractivity contribution >= 4 is 11.8 Å². The van der Waals surface area contributed by atoms with Crippen LogP contribution < -0.4 is 0 Å². The van der Waals surface area contributed by atoms with Crippen molar-refractivity contribution in [3.63, 3.8) is 0 Å². The molecule has 0 saturated carbocycles. The number of carbonyl (C=O) groups is 2. The maximum absolute atomic E-state index is 12.9. The van der Waals surface area contributed by atoms with E-state index in [0.717, 1.165) is 24.3 Å². The van der Waals surface area contributed by atoms with Crippen LogP contribution in [0.1, 0.15) is 10.4 Å². The number of esters is 1. The van der Waals surface area contributed by atoms with E-state index in [2.05, 4.69) is 4.74 Å². The van der Waals surface area contributed by atoms with E-state index in [4.69, 9.17) is 5.11 Å². The van der Waals surface area contributed by atoms with E-state index in [0.29, 0.717) is 0 Å². The van der Waals surface area contributed by atoms with Crippen LogP contribution in [-0.2, 0) is 9.53 Å². The van der Waals surface area contributed by atoms with Crippen LogP contribution in [0.5, 0.6) is 0 Å². The van der Waals surface area contributed by atoms with Gasteiger partial charge in [-0.05, 0) is 24.3 Å². The standard InChI is InChI=1S/C13H11FO7/c14-7-3-1-6(2-4-7)10(18)13(8(16)5-15)11(19)9(17)12(20)21-13/h1-4,8,15-17,19H,5H2/t8-,13-/m0/s1. The number of hydrogen-bond donors (Lipinski definition) is 4. The van der Waals surface area contributed by atoms with Crippen LogP contribution in [0, 0.1) is 5.82 Å². The molecule has 112 valence electrons. The van der Waals surface area contributed by atoms with E-state index in [9.17, 15) is 29.3 Å². The third-order valence-electron chi connectivity index (χ3n) is 3.11. The van der Waals surface area contributed by atoms with Gasteiger partial charge in [-0.1, -0.05) is 0 Å². The zero-order chi connectivity index (χ0) is 15.8. The molecule has 1 heterocycles. The van der Waals surface area contributed by atoms with Gasteiger partial charge in [-0.15, -0.1) is 0 Å². The summed E-state index contributed by atoms with van der Waals surface area (Å²) < 4.78 is 17.5. The molecule has 0 radical (unpaired) electrons. The van der Waals surface area contributed by atoms with Gasteiger partial charge in [-0.2, -0.15) is 0 Å². The first kappa shape index (κ1) is 14.9. The maximum atomic E-state index is 12.9. The lowest BCUT2D eigenvalue weighted by Crippen LogP contribution is -2.53. The molecule has 0 saturated heterocycles. The number of Topliss-reactive ketones (excluding diaryl/α,β-unsaturated/α-hetero) is 1. The van der Waals surface area contributed by atoms with Crippen LogP contribution in [-0.4, -0.2) is 50.5 Å². The highest BCUT2D eigenvalue weighted by Crippen LogP contribution is 2.36. The molecule has 0 amide bonds. The number of hydrogen-bond acceptors (Lipinski definition) is 7. The molecular weight excluding hydrogens is 287 g/mol. The normalized spacial score (nSPS) is 23.1. The van der Waals surface area contributed by atoms with E-state index in [-0.39, 0.29) is 5.56 Å². The third-order valence-corrected chi connectivity index (χ3v) is 3.11. The van der Waals surface area contributed by atoms with Gasteiger partial charge >= 0.3 is 5.97 Å². The van der Waals surface area contributed by atoms with E-state index in [1.54, 1.807) is 0 Å². The summed E-state index contributed by atoms with van der Waals surface area (Å²) in [5, 5.41) is 37.9. The molecule has 0 bridgehead atoms. The van der Waals surface area contributed by atoms with Crippen molar-refractivity contribution in [2.75, 3.05) is 6.61 Å². The predicted molar refractivity (Wildman–Crippen MR) is 64.9 cm³/mol. The summed E-state index contributed by atoms with van der Waals surface area (Å²) in [7, 11) is 0. The Bertz CT molecular complexity index is 622. The Morgan fingerprint density at radius 2 is 1.86 bits per heavy atom. The first-order valence-electron chi connectivity index (χ1n) is 5.80. The molecule has 21 heavy (non-hydrogen) atoms. The average Bonchev–Trinajstić information content (AvgIpc) is 2.71. The Balaban J connectivity index is 2.55. The van der Waals surface area contributed by atoms with Gasteiger partial charge in [-0.25, -0.2) is 9.18 Å².